The van der Waals surface area contributed by atoms with Crippen LogP contribution in [0.3, 0.4) is 0 Å². The summed E-state index contributed by atoms with van der Waals surface area (Å²) in [6.45, 7) is 12.5. The lowest BCUT2D eigenvalue weighted by Gasteiger charge is -2.28. The molecule has 0 unspecified atom stereocenters. The predicted molar refractivity (Wildman–Crippen MR) is 155 cm³/mol. The van der Waals surface area contributed by atoms with Crippen LogP contribution in [0.25, 0.3) is 20.8 Å². The van der Waals surface area contributed by atoms with Gasteiger partial charge in [0.05, 0.1) is 33.7 Å². The molecule has 37 heavy (non-hydrogen) atoms. The van der Waals surface area contributed by atoms with E-state index in [2.05, 4.69) is 41.4 Å². The molecule has 0 aromatic carbocycles. The molecule has 1 saturated carbocycles. The van der Waals surface area contributed by atoms with Crippen LogP contribution in [0.5, 0.6) is 0 Å². The molecule has 0 aliphatic heterocycles. The number of hydrogen-bond acceptors (Lipinski definition) is 11. The van der Waals surface area contributed by atoms with Crippen LogP contribution in [0.15, 0.2) is 18.5 Å². The molecule has 1 aliphatic carbocycles. The Morgan fingerprint density at radius 1 is 1.11 bits per heavy atom. The monoisotopic (exact) mass is 568 g/mol. The first-order valence-electron chi connectivity index (χ1n) is 12.2. The fraction of sp³-hybridized carbons (Fsp3) is 0.600. The second-order valence-electron chi connectivity index (χ2n) is 10.8. The summed E-state index contributed by atoms with van der Waals surface area (Å²) in [5.41, 5.74) is 1.27. The van der Waals surface area contributed by atoms with Crippen molar-refractivity contribution in [2.75, 3.05) is 22.9 Å². The largest absolute Gasteiger partial charge is 0.390 e. The van der Waals surface area contributed by atoms with Gasteiger partial charge >= 0.3 is 0 Å². The summed E-state index contributed by atoms with van der Waals surface area (Å²) in [6.07, 6.45) is 1.80. The SMILES string of the molecule is Cc1nccc2sc(-c3cnc(NCCSC(C)(C)C)nc3N[C@@H]3C[C@H](C(C)(C)O)[C@@H](O)[C@H]3O)nc12.Cl. The quantitative estimate of drug-likeness (QED) is 0.252. The number of aryl methyl sites for hydroxylation is 1. The molecule has 3 heterocycles. The Labute approximate surface area is 232 Å². The first kappa shape index (κ1) is 29.8. The number of nitrogens with zero attached hydrogens (tertiary/aromatic N) is 4. The van der Waals surface area contributed by atoms with E-state index in [9.17, 15) is 15.3 Å². The maximum absolute atomic E-state index is 10.8. The zero-order chi connectivity index (χ0) is 26.3. The topological polar surface area (TPSA) is 136 Å². The maximum Gasteiger partial charge on any atom is 0.224 e. The van der Waals surface area contributed by atoms with E-state index in [1.54, 1.807) is 26.2 Å². The second-order valence-corrected chi connectivity index (χ2v) is 13.8. The zero-order valence-electron chi connectivity index (χ0n) is 22.0. The van der Waals surface area contributed by atoms with Gasteiger partial charge in [0.25, 0.3) is 0 Å². The van der Waals surface area contributed by atoms with Crippen molar-refractivity contribution in [1.29, 1.82) is 0 Å². The van der Waals surface area contributed by atoms with E-state index in [0.29, 0.717) is 30.3 Å². The van der Waals surface area contributed by atoms with E-state index in [4.69, 9.17) is 9.97 Å². The average Bonchev–Trinajstić information content (AvgIpc) is 3.34. The molecule has 0 radical (unpaired) electrons. The van der Waals surface area contributed by atoms with Gasteiger partial charge in [-0.2, -0.15) is 16.7 Å². The first-order chi connectivity index (χ1) is 16.8. The van der Waals surface area contributed by atoms with Crippen LogP contribution in [0.4, 0.5) is 11.8 Å². The highest BCUT2D eigenvalue weighted by Crippen LogP contribution is 2.39. The molecule has 4 rings (SSSR count). The number of hydrogen-bond donors (Lipinski definition) is 5. The number of anilines is 2. The Balaban J connectivity index is 0.00000380. The molecule has 1 aliphatic rings. The summed E-state index contributed by atoms with van der Waals surface area (Å²) in [4.78, 5) is 18.4. The van der Waals surface area contributed by atoms with Gasteiger partial charge in [-0.3, -0.25) is 4.98 Å². The van der Waals surface area contributed by atoms with Crippen molar-refractivity contribution < 1.29 is 15.3 Å². The van der Waals surface area contributed by atoms with Crippen LogP contribution in [-0.4, -0.2) is 76.2 Å². The molecular formula is C25H37ClN6O3S2. The minimum absolute atomic E-state index is 0. The number of aliphatic hydroxyl groups excluding tert-OH is 2. The van der Waals surface area contributed by atoms with E-state index < -0.39 is 29.8 Å². The van der Waals surface area contributed by atoms with Gasteiger partial charge in [0.15, 0.2) is 0 Å². The molecule has 0 amide bonds. The Morgan fingerprint density at radius 2 is 1.84 bits per heavy atom. The molecule has 9 nitrogen and oxygen atoms in total. The van der Waals surface area contributed by atoms with Gasteiger partial charge in [-0.15, -0.1) is 23.7 Å². The molecule has 5 N–H and O–H groups in total. The summed E-state index contributed by atoms with van der Waals surface area (Å²) in [5, 5.41) is 39.2. The number of rotatable bonds is 8. The smallest absolute Gasteiger partial charge is 0.224 e. The summed E-state index contributed by atoms with van der Waals surface area (Å²) in [5.74, 6) is 1.43. The highest BCUT2D eigenvalue weighted by atomic mass is 35.5. The maximum atomic E-state index is 10.8. The van der Waals surface area contributed by atoms with Gasteiger partial charge in [0.2, 0.25) is 5.95 Å². The van der Waals surface area contributed by atoms with Crippen LogP contribution < -0.4 is 10.6 Å². The van der Waals surface area contributed by atoms with Crippen molar-refractivity contribution in [1.82, 2.24) is 19.9 Å². The van der Waals surface area contributed by atoms with Gasteiger partial charge in [-0.1, -0.05) is 20.8 Å². The summed E-state index contributed by atoms with van der Waals surface area (Å²) >= 11 is 3.38. The molecule has 3 aromatic rings. The standard InChI is InChI=1S/C25H36N6O3S2.ClH/c1-13-18-17(7-8-26-13)36-22(30-18)14-12-28-23(27-9-10-35-24(2,3)4)31-21(14)29-16-11-15(25(5,6)34)19(32)20(16)33;/h7-8,12,15-16,19-20,32-34H,9-11H2,1-6H3,(H2,27,28,29,31);1H/t15-,16+,19+,20-;/m0./s1. The Bertz CT molecular complexity index is 1210. The highest BCUT2D eigenvalue weighted by molar-refractivity contribution is 8.00. The number of thiazole rings is 1. The lowest BCUT2D eigenvalue weighted by molar-refractivity contribution is -0.0601. The van der Waals surface area contributed by atoms with Crippen molar-refractivity contribution in [3.63, 3.8) is 0 Å². The number of nitrogens with one attached hydrogen (secondary N) is 2. The Hall–Kier alpha value is -1.76. The lowest BCUT2D eigenvalue weighted by atomic mass is 9.88. The van der Waals surface area contributed by atoms with Crippen molar-refractivity contribution in [2.24, 2.45) is 5.92 Å². The van der Waals surface area contributed by atoms with Crippen LogP contribution >= 0.6 is 35.5 Å². The summed E-state index contributed by atoms with van der Waals surface area (Å²) in [7, 11) is 0. The van der Waals surface area contributed by atoms with Crippen molar-refractivity contribution in [3.05, 3.63) is 24.2 Å². The number of pyridine rings is 1. The van der Waals surface area contributed by atoms with Crippen molar-refractivity contribution in [3.8, 4) is 10.6 Å². The van der Waals surface area contributed by atoms with Crippen molar-refractivity contribution >= 4 is 57.5 Å². The minimum atomic E-state index is -1.12. The molecular weight excluding hydrogens is 532 g/mol. The van der Waals surface area contributed by atoms with Gasteiger partial charge in [0, 0.05) is 35.4 Å². The molecule has 0 saturated heterocycles. The normalized spacial score (nSPS) is 22.2. The Morgan fingerprint density at radius 3 is 2.46 bits per heavy atom. The average molecular weight is 569 g/mol. The van der Waals surface area contributed by atoms with Gasteiger partial charge in [-0.05, 0) is 33.3 Å². The number of aromatic nitrogens is 4. The molecule has 1 fully saturated rings. The summed E-state index contributed by atoms with van der Waals surface area (Å²) in [6, 6.07) is 1.44. The highest BCUT2D eigenvalue weighted by Gasteiger charge is 2.47. The summed E-state index contributed by atoms with van der Waals surface area (Å²) < 4.78 is 1.19. The fourth-order valence-corrected chi connectivity index (χ4v) is 6.25. The molecule has 0 bridgehead atoms. The number of halogens is 1. The van der Waals surface area contributed by atoms with Gasteiger partial charge in [-0.25, -0.2) is 9.97 Å². The van der Waals surface area contributed by atoms with E-state index >= 15 is 0 Å². The molecule has 3 aromatic heterocycles. The third kappa shape index (κ3) is 7.01. The van der Waals surface area contributed by atoms with Crippen LogP contribution in [-0.2, 0) is 0 Å². The third-order valence-corrected chi connectivity index (χ3v) is 8.67. The Kier molecular flexibility index (Phi) is 9.30. The zero-order valence-corrected chi connectivity index (χ0v) is 24.5. The minimum Gasteiger partial charge on any atom is -0.390 e. The number of fused-ring (bicyclic) bond motifs is 1. The molecule has 0 spiro atoms. The van der Waals surface area contributed by atoms with Gasteiger partial charge in [0.1, 0.15) is 22.4 Å². The van der Waals surface area contributed by atoms with Crippen molar-refractivity contribution in [2.45, 2.75) is 76.6 Å². The van der Waals surface area contributed by atoms with Crippen LogP contribution in [0.2, 0.25) is 0 Å². The van der Waals surface area contributed by atoms with E-state index in [-0.39, 0.29) is 17.2 Å². The third-order valence-electron chi connectivity index (χ3n) is 6.34. The lowest BCUT2D eigenvalue weighted by Crippen LogP contribution is -2.40. The predicted octanol–water partition coefficient (Wildman–Crippen LogP) is 4.12. The molecule has 4 atom stereocenters. The molecule has 204 valence electrons. The van der Waals surface area contributed by atoms with Crippen LogP contribution in [0, 0.1) is 12.8 Å². The number of aliphatic hydroxyl groups is 3. The van der Waals surface area contributed by atoms with E-state index in [1.165, 1.54) is 11.3 Å². The first-order valence-corrected chi connectivity index (χ1v) is 14.0. The van der Waals surface area contributed by atoms with E-state index in [0.717, 1.165) is 26.7 Å². The second kappa shape index (κ2) is 11.5. The fourth-order valence-electron chi connectivity index (χ4n) is 4.41. The van der Waals surface area contributed by atoms with E-state index in [1.807, 2.05) is 24.8 Å². The van der Waals surface area contributed by atoms with Gasteiger partial charge < -0.3 is 26.0 Å². The van der Waals surface area contributed by atoms with Crippen LogP contribution in [0.1, 0.15) is 46.7 Å². The molecule has 12 heteroatoms. The number of thioether (sulfide) groups is 1.